The molecular weight excluding hydrogens is 430 g/mol. The van der Waals surface area contributed by atoms with Crippen molar-refractivity contribution in [2.45, 2.75) is 11.4 Å². The maximum absolute atomic E-state index is 14.0. The summed E-state index contributed by atoms with van der Waals surface area (Å²) in [5.74, 6) is -0.648. The number of benzene rings is 2. The molecule has 0 saturated carbocycles. The average Bonchev–Trinajstić information content (AvgIpc) is 3.22. The molecule has 4 rings (SSSR count). The molecule has 31 heavy (non-hydrogen) atoms. The SMILES string of the molecule is COc1ccc(-c2noc(CN3CCN(S(=O)(=O)c4c(F)cccc4F)CC3)n2)cc1. The Labute approximate surface area is 178 Å². The zero-order chi connectivity index (χ0) is 22.0. The highest BCUT2D eigenvalue weighted by atomic mass is 32.2. The van der Waals surface area contributed by atoms with Crippen molar-refractivity contribution < 1.29 is 26.5 Å². The third-order valence-electron chi connectivity index (χ3n) is 5.02. The number of methoxy groups -OCH3 is 1. The van der Waals surface area contributed by atoms with Crippen molar-refractivity contribution in [1.29, 1.82) is 0 Å². The van der Waals surface area contributed by atoms with Crippen molar-refractivity contribution in [2.75, 3.05) is 33.3 Å². The van der Waals surface area contributed by atoms with E-state index in [0.717, 1.165) is 33.8 Å². The second-order valence-electron chi connectivity index (χ2n) is 6.97. The van der Waals surface area contributed by atoms with Gasteiger partial charge in [0.15, 0.2) is 4.90 Å². The van der Waals surface area contributed by atoms with E-state index >= 15 is 0 Å². The molecule has 1 aromatic heterocycles. The van der Waals surface area contributed by atoms with Crippen LogP contribution in [0.15, 0.2) is 51.9 Å². The predicted molar refractivity (Wildman–Crippen MR) is 107 cm³/mol. The number of hydrogen-bond donors (Lipinski definition) is 0. The van der Waals surface area contributed by atoms with Gasteiger partial charge in [-0.3, -0.25) is 4.90 Å². The van der Waals surface area contributed by atoms with Crippen LogP contribution < -0.4 is 4.74 Å². The molecule has 0 radical (unpaired) electrons. The molecular formula is C20H20F2N4O4S. The number of rotatable bonds is 6. The van der Waals surface area contributed by atoms with Crippen LogP contribution in [0.2, 0.25) is 0 Å². The Morgan fingerprint density at radius 3 is 2.29 bits per heavy atom. The van der Waals surface area contributed by atoms with Gasteiger partial charge in [0.25, 0.3) is 0 Å². The van der Waals surface area contributed by atoms with E-state index in [2.05, 4.69) is 10.1 Å². The van der Waals surface area contributed by atoms with Gasteiger partial charge in [-0.25, -0.2) is 17.2 Å². The lowest BCUT2D eigenvalue weighted by Gasteiger charge is -2.33. The van der Waals surface area contributed by atoms with Crippen molar-refractivity contribution in [1.82, 2.24) is 19.3 Å². The van der Waals surface area contributed by atoms with Gasteiger partial charge in [0, 0.05) is 31.7 Å². The highest BCUT2D eigenvalue weighted by Crippen LogP contribution is 2.24. The van der Waals surface area contributed by atoms with Crippen LogP contribution in [-0.4, -0.2) is 61.1 Å². The van der Waals surface area contributed by atoms with Gasteiger partial charge in [0.05, 0.1) is 13.7 Å². The lowest BCUT2D eigenvalue weighted by atomic mass is 10.2. The smallest absolute Gasteiger partial charge is 0.249 e. The Balaban J connectivity index is 1.39. The van der Waals surface area contributed by atoms with Crippen LogP contribution in [0.4, 0.5) is 8.78 Å². The number of halogens is 2. The van der Waals surface area contributed by atoms with E-state index in [1.54, 1.807) is 19.2 Å². The molecule has 1 aliphatic heterocycles. The lowest BCUT2D eigenvalue weighted by Crippen LogP contribution is -2.48. The maximum atomic E-state index is 14.0. The summed E-state index contributed by atoms with van der Waals surface area (Å²) < 4.78 is 64.8. The molecule has 1 aliphatic rings. The van der Waals surface area contributed by atoms with Crippen LogP contribution in [0, 0.1) is 11.6 Å². The van der Waals surface area contributed by atoms with E-state index in [1.807, 2.05) is 17.0 Å². The highest BCUT2D eigenvalue weighted by Gasteiger charge is 2.33. The zero-order valence-corrected chi connectivity index (χ0v) is 17.5. The normalized spacial score (nSPS) is 15.8. The summed E-state index contributed by atoms with van der Waals surface area (Å²) in [5, 5.41) is 3.98. The first kappa shape index (κ1) is 21.3. The van der Waals surface area contributed by atoms with Crippen molar-refractivity contribution in [3.05, 3.63) is 60.0 Å². The summed E-state index contributed by atoms with van der Waals surface area (Å²) in [6.07, 6.45) is 0. The molecule has 0 unspecified atom stereocenters. The molecule has 0 atom stereocenters. The van der Waals surface area contributed by atoms with Gasteiger partial charge in [0.1, 0.15) is 17.4 Å². The first-order valence-corrected chi connectivity index (χ1v) is 11.0. The second kappa shape index (κ2) is 8.69. The van der Waals surface area contributed by atoms with Gasteiger partial charge in [-0.1, -0.05) is 11.2 Å². The largest absolute Gasteiger partial charge is 0.497 e. The van der Waals surface area contributed by atoms with E-state index in [4.69, 9.17) is 9.26 Å². The summed E-state index contributed by atoms with van der Waals surface area (Å²) in [4.78, 5) is 5.40. The molecule has 1 saturated heterocycles. The number of hydrogen-bond acceptors (Lipinski definition) is 7. The van der Waals surface area contributed by atoms with Crippen LogP contribution in [0.3, 0.4) is 0 Å². The third-order valence-corrected chi connectivity index (χ3v) is 6.97. The van der Waals surface area contributed by atoms with Gasteiger partial charge < -0.3 is 9.26 Å². The topological polar surface area (TPSA) is 88.8 Å². The van der Waals surface area contributed by atoms with E-state index in [0.29, 0.717) is 31.3 Å². The van der Waals surface area contributed by atoms with E-state index in [9.17, 15) is 17.2 Å². The molecule has 0 aliphatic carbocycles. The molecule has 0 spiro atoms. The summed E-state index contributed by atoms with van der Waals surface area (Å²) in [6, 6.07) is 10.2. The van der Waals surface area contributed by atoms with Crippen molar-refractivity contribution in [3.8, 4) is 17.1 Å². The summed E-state index contributed by atoms with van der Waals surface area (Å²) in [7, 11) is -2.68. The quantitative estimate of drug-likeness (QED) is 0.570. The minimum Gasteiger partial charge on any atom is -0.497 e. The molecule has 3 aromatic rings. The molecule has 0 bridgehead atoms. The first-order chi connectivity index (χ1) is 14.9. The Morgan fingerprint density at radius 1 is 1.03 bits per heavy atom. The van der Waals surface area contributed by atoms with Gasteiger partial charge in [-0.15, -0.1) is 0 Å². The van der Waals surface area contributed by atoms with Crippen LogP contribution in [0.5, 0.6) is 5.75 Å². The number of piperazine rings is 1. The molecule has 0 amide bonds. The van der Waals surface area contributed by atoms with Gasteiger partial charge in [-0.2, -0.15) is 9.29 Å². The molecule has 11 heteroatoms. The van der Waals surface area contributed by atoms with Gasteiger partial charge in [-0.05, 0) is 36.4 Å². The summed E-state index contributed by atoms with van der Waals surface area (Å²) >= 11 is 0. The standard InChI is InChI=1S/C20H20F2N4O4S/c1-29-15-7-5-14(6-8-15)20-23-18(30-24-20)13-25-9-11-26(12-10-25)31(27,28)19-16(21)3-2-4-17(19)22/h2-8H,9-13H2,1H3. The lowest BCUT2D eigenvalue weighted by molar-refractivity contribution is 0.163. The Kier molecular flexibility index (Phi) is 5.99. The summed E-state index contributed by atoms with van der Waals surface area (Å²) in [5.41, 5.74) is 0.777. The number of sulfonamides is 1. The van der Waals surface area contributed by atoms with Gasteiger partial charge >= 0.3 is 0 Å². The first-order valence-electron chi connectivity index (χ1n) is 9.52. The van der Waals surface area contributed by atoms with Crippen LogP contribution in [-0.2, 0) is 16.6 Å². The fourth-order valence-electron chi connectivity index (χ4n) is 3.35. The fraction of sp³-hybridized carbons (Fsp3) is 0.300. The van der Waals surface area contributed by atoms with Crippen LogP contribution in [0.1, 0.15) is 5.89 Å². The Morgan fingerprint density at radius 2 is 1.68 bits per heavy atom. The molecule has 2 aromatic carbocycles. The van der Waals surface area contributed by atoms with Crippen molar-refractivity contribution >= 4 is 10.0 Å². The average molecular weight is 450 g/mol. The molecule has 0 N–H and O–H groups in total. The number of nitrogens with zero attached hydrogens (tertiary/aromatic N) is 4. The number of aromatic nitrogens is 2. The minimum absolute atomic E-state index is 0.0928. The Hall–Kier alpha value is -2.89. The zero-order valence-electron chi connectivity index (χ0n) is 16.7. The van der Waals surface area contributed by atoms with Crippen molar-refractivity contribution in [3.63, 3.8) is 0 Å². The van der Waals surface area contributed by atoms with E-state index in [1.165, 1.54) is 0 Å². The van der Waals surface area contributed by atoms with Gasteiger partial charge in [0.2, 0.25) is 21.7 Å². The maximum Gasteiger partial charge on any atom is 0.249 e. The van der Waals surface area contributed by atoms with Crippen LogP contribution >= 0.6 is 0 Å². The number of ether oxygens (including phenoxy) is 1. The third kappa shape index (κ3) is 4.43. The summed E-state index contributed by atoms with van der Waals surface area (Å²) in [6.45, 7) is 1.24. The predicted octanol–water partition coefficient (Wildman–Crippen LogP) is 2.53. The molecule has 2 heterocycles. The van der Waals surface area contributed by atoms with Crippen molar-refractivity contribution in [2.24, 2.45) is 0 Å². The van der Waals surface area contributed by atoms with E-state index < -0.39 is 26.6 Å². The fourth-order valence-corrected chi connectivity index (χ4v) is 4.88. The minimum atomic E-state index is -4.26. The van der Waals surface area contributed by atoms with E-state index in [-0.39, 0.29) is 13.1 Å². The molecule has 1 fully saturated rings. The second-order valence-corrected chi connectivity index (χ2v) is 8.85. The molecule has 164 valence electrons. The monoisotopic (exact) mass is 450 g/mol. The molecule has 8 nitrogen and oxygen atoms in total. The van der Waals surface area contributed by atoms with Crippen LogP contribution in [0.25, 0.3) is 11.4 Å². The highest BCUT2D eigenvalue weighted by molar-refractivity contribution is 7.89. The Bertz CT molecular complexity index is 1140.